The number of rotatable bonds is 57. The summed E-state index contributed by atoms with van der Waals surface area (Å²) >= 11 is 0. The molecular weight excluding hydrogens is 823 g/mol. The summed E-state index contributed by atoms with van der Waals surface area (Å²) < 4.78 is 0. The highest BCUT2D eigenvalue weighted by atomic mass is 16.3. The van der Waals surface area contributed by atoms with Crippen molar-refractivity contribution in [2.24, 2.45) is 0 Å². The average Bonchev–Trinajstić information content (AvgIpc) is 3.33. The van der Waals surface area contributed by atoms with Crippen LogP contribution in [0.15, 0.2) is 24.3 Å². The van der Waals surface area contributed by atoms with Gasteiger partial charge in [-0.15, -0.1) is 0 Å². The summed E-state index contributed by atoms with van der Waals surface area (Å²) in [4.78, 5) is 12.5. The summed E-state index contributed by atoms with van der Waals surface area (Å²) in [7, 11) is 0. The molecule has 0 saturated heterocycles. The van der Waals surface area contributed by atoms with E-state index in [0.717, 1.165) is 44.9 Å². The van der Waals surface area contributed by atoms with E-state index in [-0.39, 0.29) is 12.5 Å². The second kappa shape index (κ2) is 57.4. The van der Waals surface area contributed by atoms with Crippen LogP contribution in [-0.2, 0) is 4.79 Å². The van der Waals surface area contributed by atoms with Crippen molar-refractivity contribution in [1.82, 2.24) is 5.32 Å². The topological polar surface area (TPSA) is 89.8 Å². The smallest absolute Gasteiger partial charge is 0.220 e. The molecule has 1 amide bonds. The highest BCUT2D eigenvalue weighted by molar-refractivity contribution is 5.76. The van der Waals surface area contributed by atoms with E-state index in [9.17, 15) is 20.1 Å². The van der Waals surface area contributed by atoms with Crippen molar-refractivity contribution in [2.75, 3.05) is 6.61 Å². The molecule has 4 N–H and O–H groups in total. The van der Waals surface area contributed by atoms with Crippen LogP contribution in [0.2, 0.25) is 0 Å². The number of allylic oxidation sites excluding steroid dienone is 4. The van der Waals surface area contributed by atoms with Gasteiger partial charge >= 0.3 is 0 Å². The van der Waals surface area contributed by atoms with Gasteiger partial charge in [0, 0.05) is 6.42 Å². The number of unbranched alkanes of at least 4 members (excludes halogenated alkanes) is 45. The lowest BCUT2D eigenvalue weighted by molar-refractivity contribution is -0.124. The van der Waals surface area contributed by atoms with Gasteiger partial charge in [-0.1, -0.05) is 308 Å². The lowest BCUT2D eigenvalue weighted by Crippen LogP contribution is -2.50. The molecule has 0 radical (unpaired) electrons. The summed E-state index contributed by atoms with van der Waals surface area (Å²) in [5, 5.41) is 33.7. The van der Waals surface area contributed by atoms with E-state index in [1.165, 1.54) is 270 Å². The Bertz CT molecular complexity index is 998. The zero-order valence-electron chi connectivity index (χ0n) is 45.6. The van der Waals surface area contributed by atoms with Gasteiger partial charge in [-0.25, -0.2) is 0 Å². The van der Waals surface area contributed by atoms with Crippen LogP contribution in [0.3, 0.4) is 0 Å². The van der Waals surface area contributed by atoms with Gasteiger partial charge < -0.3 is 20.6 Å². The normalized spacial score (nSPS) is 13.3. The van der Waals surface area contributed by atoms with E-state index in [4.69, 9.17) is 0 Å². The first-order chi connectivity index (χ1) is 33.1. The second-order valence-electron chi connectivity index (χ2n) is 21.3. The quantitative estimate of drug-likeness (QED) is 0.0361. The molecule has 0 spiro atoms. The highest BCUT2D eigenvalue weighted by Crippen LogP contribution is 2.18. The second-order valence-corrected chi connectivity index (χ2v) is 21.3. The molecule has 5 heteroatoms. The number of hydrogen-bond acceptors (Lipinski definition) is 4. The van der Waals surface area contributed by atoms with Crippen molar-refractivity contribution in [2.45, 2.75) is 360 Å². The van der Waals surface area contributed by atoms with Crippen LogP contribution in [0.1, 0.15) is 341 Å². The van der Waals surface area contributed by atoms with E-state index < -0.39 is 18.2 Å². The number of hydrogen-bond donors (Lipinski definition) is 4. The molecule has 3 unspecified atom stereocenters. The van der Waals surface area contributed by atoms with Gasteiger partial charge in [-0.05, 0) is 51.4 Å². The van der Waals surface area contributed by atoms with Gasteiger partial charge in [0.2, 0.25) is 5.91 Å². The number of aliphatic hydroxyl groups is 3. The van der Waals surface area contributed by atoms with Crippen LogP contribution in [0, 0.1) is 0 Å². The van der Waals surface area contributed by atoms with Crippen molar-refractivity contribution in [3.8, 4) is 0 Å². The van der Waals surface area contributed by atoms with E-state index in [2.05, 4.69) is 43.5 Å². The summed E-state index contributed by atoms with van der Waals surface area (Å²) in [6.07, 6.45) is 73.8. The zero-order chi connectivity index (χ0) is 48.6. The fourth-order valence-electron chi connectivity index (χ4n) is 9.83. The maximum Gasteiger partial charge on any atom is 0.220 e. The molecule has 398 valence electrons. The molecule has 0 aromatic heterocycles. The van der Waals surface area contributed by atoms with Crippen molar-refractivity contribution >= 4 is 5.91 Å². The van der Waals surface area contributed by atoms with Crippen molar-refractivity contribution in [3.05, 3.63) is 24.3 Å². The van der Waals surface area contributed by atoms with Crippen LogP contribution in [0.4, 0.5) is 0 Å². The van der Waals surface area contributed by atoms with Gasteiger partial charge in [0.15, 0.2) is 0 Å². The molecule has 0 rings (SSSR count). The molecule has 0 aliphatic heterocycles. The summed E-state index contributed by atoms with van der Waals surface area (Å²) in [5.74, 6) is -0.152. The molecule has 0 aliphatic rings. The molecule has 0 bridgehead atoms. The van der Waals surface area contributed by atoms with Crippen LogP contribution < -0.4 is 5.32 Å². The molecule has 0 heterocycles. The Kier molecular flexibility index (Phi) is 56.4. The van der Waals surface area contributed by atoms with Gasteiger partial charge in [0.25, 0.3) is 0 Å². The van der Waals surface area contributed by atoms with Crippen molar-refractivity contribution in [3.63, 3.8) is 0 Å². The first-order valence-corrected chi connectivity index (χ1v) is 30.6. The van der Waals surface area contributed by atoms with Gasteiger partial charge in [-0.2, -0.15) is 0 Å². The van der Waals surface area contributed by atoms with Gasteiger partial charge in [0.05, 0.1) is 18.8 Å². The first kappa shape index (κ1) is 65.8. The Morgan fingerprint density at radius 2 is 0.612 bits per heavy atom. The molecule has 0 saturated carbocycles. The number of carbonyl (C=O) groups excluding carboxylic acids is 1. The third-order valence-corrected chi connectivity index (χ3v) is 14.5. The van der Waals surface area contributed by atoms with E-state index in [1.807, 2.05) is 0 Å². The maximum atomic E-state index is 12.5. The number of aliphatic hydroxyl groups excluding tert-OH is 3. The molecule has 5 nitrogen and oxygen atoms in total. The third-order valence-electron chi connectivity index (χ3n) is 14.5. The molecule has 0 aliphatic carbocycles. The minimum Gasteiger partial charge on any atom is -0.394 e. The molecule has 0 aromatic rings. The molecule has 0 aromatic carbocycles. The third kappa shape index (κ3) is 52.5. The number of amides is 1. The van der Waals surface area contributed by atoms with E-state index in [1.54, 1.807) is 0 Å². The largest absolute Gasteiger partial charge is 0.394 e. The standard InChI is InChI=1S/C62H121NO4/c1-3-5-7-9-11-13-15-17-19-21-22-23-24-25-26-27-28-29-30-31-32-33-34-35-36-37-38-39-40-41-43-45-47-49-51-53-55-57-61(66)63-59(58-64)62(67)60(65)56-54-52-50-48-46-44-42-20-18-16-14-12-10-8-6-4-2/h20,42,48,50,59-60,62,64-65,67H,3-19,21-41,43-47,49,51-58H2,1-2H3,(H,63,66)/b42-20+,50-48+. The van der Waals surface area contributed by atoms with Gasteiger partial charge in [0.1, 0.15) is 6.10 Å². The van der Waals surface area contributed by atoms with E-state index >= 15 is 0 Å². The molecule has 3 atom stereocenters. The van der Waals surface area contributed by atoms with Crippen LogP contribution in [-0.4, -0.2) is 46.1 Å². The summed E-state index contributed by atoms with van der Waals surface area (Å²) in [6.45, 7) is 4.19. The Hall–Kier alpha value is -1.17. The fourth-order valence-corrected chi connectivity index (χ4v) is 9.83. The Labute approximate surface area is 420 Å². The number of carbonyl (C=O) groups is 1. The van der Waals surface area contributed by atoms with Crippen molar-refractivity contribution < 1.29 is 20.1 Å². The highest BCUT2D eigenvalue weighted by Gasteiger charge is 2.26. The SMILES string of the molecule is CCCCCCCCC/C=C/CC/C=C/CCCC(O)C(O)C(CO)NC(=O)CCCCCCCCCCCCCCCCCCCCCCCCCCCCCCCCCCCCCCC. The average molecular weight is 945 g/mol. The Morgan fingerprint density at radius 3 is 0.910 bits per heavy atom. The van der Waals surface area contributed by atoms with Crippen LogP contribution in [0.25, 0.3) is 0 Å². The predicted molar refractivity (Wildman–Crippen MR) is 296 cm³/mol. The van der Waals surface area contributed by atoms with Crippen molar-refractivity contribution in [1.29, 1.82) is 0 Å². The zero-order valence-corrected chi connectivity index (χ0v) is 45.6. The van der Waals surface area contributed by atoms with Crippen LogP contribution >= 0.6 is 0 Å². The lowest BCUT2D eigenvalue weighted by atomic mass is 10.0. The van der Waals surface area contributed by atoms with Crippen LogP contribution in [0.5, 0.6) is 0 Å². The summed E-state index contributed by atoms with van der Waals surface area (Å²) in [6, 6.07) is -0.830. The monoisotopic (exact) mass is 944 g/mol. The minimum absolute atomic E-state index is 0.152. The Balaban J connectivity index is 3.44. The lowest BCUT2D eigenvalue weighted by Gasteiger charge is -2.26. The molecule has 0 fully saturated rings. The summed E-state index contributed by atoms with van der Waals surface area (Å²) in [5.41, 5.74) is 0. The first-order valence-electron chi connectivity index (χ1n) is 30.6. The van der Waals surface area contributed by atoms with E-state index in [0.29, 0.717) is 12.8 Å². The maximum absolute atomic E-state index is 12.5. The predicted octanol–water partition coefficient (Wildman–Crippen LogP) is 19.2. The number of nitrogens with one attached hydrogen (secondary N) is 1. The molecule has 67 heavy (non-hydrogen) atoms. The Morgan fingerprint density at radius 1 is 0.358 bits per heavy atom. The van der Waals surface area contributed by atoms with Gasteiger partial charge in [-0.3, -0.25) is 4.79 Å². The fraction of sp³-hybridized carbons (Fsp3) is 0.919. The minimum atomic E-state index is -1.16. The molecular formula is C62H121NO4.